The molecule has 0 aromatic heterocycles. The van der Waals surface area contributed by atoms with Crippen LogP contribution in [0.15, 0.2) is 18.2 Å². The molecule has 0 aliphatic heterocycles. The molecule has 0 aliphatic rings. The Bertz CT molecular complexity index is 352. The fraction of sp³-hybridized carbons (Fsp3) is 0.571. The van der Waals surface area contributed by atoms with E-state index in [1.165, 1.54) is 0 Å². The Labute approximate surface area is 104 Å². The number of aryl methyl sites for hydroxylation is 1. The molecule has 2 N–H and O–H groups in total. The summed E-state index contributed by atoms with van der Waals surface area (Å²) < 4.78 is 13.1. The minimum Gasteiger partial charge on any atom is -0.330 e. The Kier molecular flexibility index (Phi) is 5.59. The maximum Gasteiger partial charge on any atom is 0.126 e. The van der Waals surface area contributed by atoms with Gasteiger partial charge in [0.05, 0.1) is 0 Å². The molecule has 0 aliphatic carbocycles. The second-order valence-corrected chi connectivity index (χ2v) is 4.96. The van der Waals surface area contributed by atoms with E-state index in [2.05, 4.69) is 18.9 Å². The summed E-state index contributed by atoms with van der Waals surface area (Å²) in [5.41, 5.74) is 7.41. The second kappa shape index (κ2) is 6.72. The van der Waals surface area contributed by atoms with E-state index in [0.717, 1.165) is 31.6 Å². The highest BCUT2D eigenvalue weighted by Crippen LogP contribution is 2.12. The molecule has 0 bridgehead atoms. The van der Waals surface area contributed by atoms with E-state index < -0.39 is 0 Å². The molecule has 1 aromatic carbocycles. The predicted octanol–water partition coefficient (Wildman–Crippen LogP) is 2.55. The minimum absolute atomic E-state index is 0.132. The molecule has 0 radical (unpaired) electrons. The number of nitrogens with zero attached hydrogens (tertiary/aromatic N) is 1. The van der Waals surface area contributed by atoms with E-state index in [9.17, 15) is 4.39 Å². The largest absolute Gasteiger partial charge is 0.330 e. The fourth-order valence-electron chi connectivity index (χ4n) is 2.09. The zero-order chi connectivity index (χ0) is 12.8. The Morgan fingerprint density at radius 2 is 2.12 bits per heavy atom. The molecule has 0 saturated heterocycles. The van der Waals surface area contributed by atoms with Crippen LogP contribution in [-0.2, 0) is 6.54 Å². The molecule has 0 heterocycles. The molecule has 1 unspecified atom stereocenters. The van der Waals surface area contributed by atoms with Gasteiger partial charge in [-0.2, -0.15) is 0 Å². The zero-order valence-corrected chi connectivity index (χ0v) is 11.0. The molecule has 1 aromatic rings. The van der Waals surface area contributed by atoms with Gasteiger partial charge in [0.15, 0.2) is 0 Å². The van der Waals surface area contributed by atoms with E-state index in [4.69, 9.17) is 5.73 Å². The maximum absolute atomic E-state index is 13.1. The van der Waals surface area contributed by atoms with Gasteiger partial charge in [0.25, 0.3) is 0 Å². The highest BCUT2D eigenvalue weighted by atomic mass is 19.1. The summed E-state index contributed by atoms with van der Waals surface area (Å²) in [6.45, 7) is 6.63. The first-order valence-electron chi connectivity index (χ1n) is 6.16. The van der Waals surface area contributed by atoms with Gasteiger partial charge in [-0.05, 0) is 50.0 Å². The smallest absolute Gasteiger partial charge is 0.126 e. The fourth-order valence-corrected chi connectivity index (χ4v) is 2.09. The third-order valence-corrected chi connectivity index (χ3v) is 2.96. The van der Waals surface area contributed by atoms with Gasteiger partial charge in [0.2, 0.25) is 0 Å². The molecular weight excluding hydrogens is 215 g/mol. The van der Waals surface area contributed by atoms with Crippen molar-refractivity contribution < 1.29 is 4.39 Å². The van der Waals surface area contributed by atoms with Gasteiger partial charge in [-0.3, -0.25) is 0 Å². The molecule has 0 fully saturated rings. The van der Waals surface area contributed by atoms with Crippen molar-refractivity contribution in [1.82, 2.24) is 4.90 Å². The van der Waals surface area contributed by atoms with Gasteiger partial charge in [0, 0.05) is 13.1 Å². The van der Waals surface area contributed by atoms with Crippen LogP contribution >= 0.6 is 0 Å². The SMILES string of the molecule is Cc1cc(CN(C)CC(C)CCN)ccc1F. The molecule has 1 atom stereocenters. The predicted molar refractivity (Wildman–Crippen MR) is 70.3 cm³/mol. The summed E-state index contributed by atoms with van der Waals surface area (Å²) in [5, 5.41) is 0. The topological polar surface area (TPSA) is 29.3 Å². The molecule has 96 valence electrons. The molecule has 0 saturated carbocycles. The third-order valence-electron chi connectivity index (χ3n) is 2.96. The lowest BCUT2D eigenvalue weighted by molar-refractivity contribution is 0.273. The summed E-state index contributed by atoms with van der Waals surface area (Å²) in [6, 6.07) is 5.31. The van der Waals surface area contributed by atoms with Gasteiger partial charge in [0.1, 0.15) is 5.82 Å². The Balaban J connectivity index is 2.50. The second-order valence-electron chi connectivity index (χ2n) is 4.96. The first-order valence-corrected chi connectivity index (χ1v) is 6.16. The van der Waals surface area contributed by atoms with Gasteiger partial charge in [-0.25, -0.2) is 4.39 Å². The van der Waals surface area contributed by atoms with Gasteiger partial charge < -0.3 is 10.6 Å². The summed E-state index contributed by atoms with van der Waals surface area (Å²) in [5.74, 6) is 0.472. The molecule has 2 nitrogen and oxygen atoms in total. The van der Waals surface area contributed by atoms with Crippen LogP contribution in [0.3, 0.4) is 0 Å². The van der Waals surface area contributed by atoms with Crippen LogP contribution in [0, 0.1) is 18.7 Å². The highest BCUT2D eigenvalue weighted by molar-refractivity contribution is 5.23. The van der Waals surface area contributed by atoms with Crippen molar-refractivity contribution in [2.75, 3.05) is 20.1 Å². The van der Waals surface area contributed by atoms with Crippen molar-refractivity contribution >= 4 is 0 Å². The number of hydrogen-bond acceptors (Lipinski definition) is 2. The summed E-state index contributed by atoms with van der Waals surface area (Å²) >= 11 is 0. The number of halogens is 1. The van der Waals surface area contributed by atoms with Crippen LogP contribution in [0.1, 0.15) is 24.5 Å². The van der Waals surface area contributed by atoms with E-state index in [-0.39, 0.29) is 5.82 Å². The van der Waals surface area contributed by atoms with Crippen LogP contribution in [0.4, 0.5) is 4.39 Å². The van der Waals surface area contributed by atoms with Crippen LogP contribution in [0.2, 0.25) is 0 Å². The lowest BCUT2D eigenvalue weighted by Gasteiger charge is -2.21. The van der Waals surface area contributed by atoms with E-state index in [0.29, 0.717) is 11.5 Å². The highest BCUT2D eigenvalue weighted by Gasteiger charge is 2.07. The number of nitrogens with two attached hydrogens (primary N) is 1. The first-order chi connectivity index (χ1) is 8.02. The zero-order valence-electron chi connectivity index (χ0n) is 11.0. The Morgan fingerprint density at radius 3 is 2.71 bits per heavy atom. The summed E-state index contributed by atoms with van der Waals surface area (Å²) in [7, 11) is 2.09. The van der Waals surface area contributed by atoms with Crippen molar-refractivity contribution in [1.29, 1.82) is 0 Å². The third kappa shape index (κ3) is 4.84. The standard InChI is InChI=1S/C14H23FN2/c1-11(6-7-16)9-17(3)10-13-4-5-14(15)12(2)8-13/h4-5,8,11H,6-7,9-10,16H2,1-3H3. The van der Waals surface area contributed by atoms with Crippen molar-refractivity contribution in [2.45, 2.75) is 26.8 Å². The number of rotatable bonds is 6. The average molecular weight is 238 g/mol. The van der Waals surface area contributed by atoms with Crippen LogP contribution in [-0.4, -0.2) is 25.0 Å². The van der Waals surface area contributed by atoms with E-state index in [1.54, 1.807) is 13.0 Å². The molecule has 0 spiro atoms. The monoisotopic (exact) mass is 238 g/mol. The number of hydrogen-bond donors (Lipinski definition) is 1. The van der Waals surface area contributed by atoms with Crippen molar-refractivity contribution in [2.24, 2.45) is 11.7 Å². The van der Waals surface area contributed by atoms with E-state index in [1.807, 2.05) is 12.1 Å². The normalized spacial score (nSPS) is 13.1. The van der Waals surface area contributed by atoms with Gasteiger partial charge in [-0.1, -0.05) is 19.1 Å². The first kappa shape index (κ1) is 14.1. The lowest BCUT2D eigenvalue weighted by Crippen LogP contribution is -2.25. The van der Waals surface area contributed by atoms with Gasteiger partial charge >= 0.3 is 0 Å². The maximum atomic E-state index is 13.1. The minimum atomic E-state index is -0.132. The summed E-state index contributed by atoms with van der Waals surface area (Å²) in [6.07, 6.45) is 1.05. The van der Waals surface area contributed by atoms with Crippen LogP contribution in [0.5, 0.6) is 0 Å². The average Bonchev–Trinajstić information content (AvgIpc) is 2.23. The van der Waals surface area contributed by atoms with Crippen molar-refractivity contribution in [3.8, 4) is 0 Å². The quantitative estimate of drug-likeness (QED) is 0.825. The Morgan fingerprint density at radius 1 is 1.41 bits per heavy atom. The lowest BCUT2D eigenvalue weighted by atomic mass is 10.1. The van der Waals surface area contributed by atoms with Crippen molar-refractivity contribution in [3.63, 3.8) is 0 Å². The van der Waals surface area contributed by atoms with Gasteiger partial charge in [-0.15, -0.1) is 0 Å². The molecule has 3 heteroatoms. The molecule has 0 amide bonds. The molecule has 17 heavy (non-hydrogen) atoms. The Hall–Kier alpha value is -0.930. The number of benzene rings is 1. The molecule has 1 rings (SSSR count). The van der Waals surface area contributed by atoms with E-state index >= 15 is 0 Å². The van der Waals surface area contributed by atoms with Crippen molar-refractivity contribution in [3.05, 3.63) is 35.1 Å². The summed E-state index contributed by atoms with van der Waals surface area (Å²) in [4.78, 5) is 2.26. The molecular formula is C14H23FN2. The van der Waals surface area contributed by atoms with Crippen LogP contribution < -0.4 is 5.73 Å². The van der Waals surface area contributed by atoms with Crippen LogP contribution in [0.25, 0.3) is 0 Å².